The van der Waals surface area contributed by atoms with E-state index in [4.69, 9.17) is 21.3 Å². The summed E-state index contributed by atoms with van der Waals surface area (Å²) < 4.78 is 5.26. The van der Waals surface area contributed by atoms with Crippen LogP contribution in [0.5, 0.6) is 5.75 Å². The van der Waals surface area contributed by atoms with Gasteiger partial charge in [0, 0.05) is 10.5 Å². The molecule has 0 spiro atoms. The maximum Gasteiger partial charge on any atom is 0.208 e. The molecule has 146 valence electrons. The lowest BCUT2D eigenvalue weighted by atomic mass is 10.1. The van der Waals surface area contributed by atoms with Crippen molar-refractivity contribution in [3.8, 4) is 5.75 Å². The Balaban J connectivity index is 2.02. The molecule has 0 saturated carbocycles. The van der Waals surface area contributed by atoms with Gasteiger partial charge in [-0.1, -0.05) is 48.5 Å². The molecule has 3 aromatic carbocycles. The number of para-hydroxylation sites is 1. The Labute approximate surface area is 180 Å². The van der Waals surface area contributed by atoms with Crippen LogP contribution in [-0.2, 0) is 4.79 Å². The molecule has 0 amide bonds. The fourth-order valence-corrected chi connectivity index (χ4v) is 3.44. The highest BCUT2D eigenvalue weighted by atomic mass is 35.5. The van der Waals surface area contributed by atoms with Crippen LogP contribution in [0, 0.1) is 0 Å². The number of halogens is 1. The van der Waals surface area contributed by atoms with Gasteiger partial charge >= 0.3 is 0 Å². The lowest BCUT2D eigenvalue weighted by molar-refractivity contribution is -0.108. The summed E-state index contributed by atoms with van der Waals surface area (Å²) in [7, 11) is 1.64. The quantitative estimate of drug-likeness (QED) is 0.252. The molecular formula is C24H20ClNO2S. The van der Waals surface area contributed by atoms with E-state index >= 15 is 0 Å². The minimum absolute atomic E-state index is 0.0397. The summed E-state index contributed by atoms with van der Waals surface area (Å²) >= 11 is 6.78. The van der Waals surface area contributed by atoms with Gasteiger partial charge in [0.2, 0.25) is 5.12 Å². The zero-order valence-electron chi connectivity index (χ0n) is 15.9. The van der Waals surface area contributed by atoms with Crippen LogP contribution < -0.4 is 4.74 Å². The molecule has 0 aliphatic rings. The van der Waals surface area contributed by atoms with E-state index in [1.54, 1.807) is 7.11 Å². The van der Waals surface area contributed by atoms with Crippen molar-refractivity contribution in [3.05, 3.63) is 96.1 Å². The van der Waals surface area contributed by atoms with Crippen molar-refractivity contribution in [1.29, 1.82) is 0 Å². The van der Waals surface area contributed by atoms with Gasteiger partial charge in [0.05, 0.1) is 24.4 Å². The summed E-state index contributed by atoms with van der Waals surface area (Å²) in [5.41, 5.74) is 3.53. The van der Waals surface area contributed by atoms with E-state index in [1.165, 1.54) is 0 Å². The molecule has 0 unspecified atom stereocenters. The van der Waals surface area contributed by atoms with E-state index in [1.807, 2.05) is 91.0 Å². The third-order valence-electron chi connectivity index (χ3n) is 4.06. The number of thioether (sulfide) groups is 1. The molecule has 0 heterocycles. The van der Waals surface area contributed by atoms with Gasteiger partial charge in [-0.2, -0.15) is 0 Å². The second kappa shape index (κ2) is 10.6. The van der Waals surface area contributed by atoms with Gasteiger partial charge in [0.15, 0.2) is 0 Å². The van der Waals surface area contributed by atoms with E-state index in [2.05, 4.69) is 0 Å². The van der Waals surface area contributed by atoms with Crippen molar-refractivity contribution in [2.45, 2.75) is 4.90 Å². The molecule has 0 radical (unpaired) electrons. The second-order valence-electron chi connectivity index (χ2n) is 6.04. The van der Waals surface area contributed by atoms with E-state index in [9.17, 15) is 4.79 Å². The number of carbonyl (C=O) groups excluding carboxylic acids is 1. The first-order valence-corrected chi connectivity index (χ1v) is 10.4. The van der Waals surface area contributed by atoms with Crippen molar-refractivity contribution < 1.29 is 9.53 Å². The first-order valence-electron chi connectivity index (χ1n) is 9.01. The van der Waals surface area contributed by atoms with Crippen LogP contribution in [0.15, 0.2) is 94.8 Å². The molecule has 5 heteroatoms. The predicted molar refractivity (Wildman–Crippen MR) is 123 cm³/mol. The third-order valence-corrected chi connectivity index (χ3v) is 5.40. The van der Waals surface area contributed by atoms with Crippen LogP contribution in [0.25, 0.3) is 6.08 Å². The number of nitrogens with zero attached hydrogens (tertiary/aromatic N) is 1. The summed E-state index contributed by atoms with van der Waals surface area (Å²) in [5, 5.41) is -0.111. The van der Waals surface area contributed by atoms with E-state index in [-0.39, 0.29) is 11.0 Å². The third kappa shape index (κ3) is 6.08. The highest BCUT2D eigenvalue weighted by molar-refractivity contribution is 8.14. The normalized spacial score (nSPS) is 11.6. The number of methoxy groups -OCH3 is 1. The summed E-state index contributed by atoms with van der Waals surface area (Å²) in [6.45, 7) is 0. The molecular weight excluding hydrogens is 402 g/mol. The molecule has 0 atom stereocenters. The fourth-order valence-electron chi connectivity index (χ4n) is 2.61. The predicted octanol–water partition coefficient (Wildman–Crippen LogP) is 6.39. The number of benzene rings is 3. The number of carbonyl (C=O) groups is 1. The smallest absolute Gasteiger partial charge is 0.208 e. The summed E-state index contributed by atoms with van der Waals surface area (Å²) in [6.07, 6.45) is 3.99. The topological polar surface area (TPSA) is 38.7 Å². The average molecular weight is 422 g/mol. The monoisotopic (exact) mass is 421 g/mol. The standard InChI is InChI=1S/C24H20ClNO2S/c1-28-20-14-12-19(13-15-20)21(16-11-18-7-3-2-4-8-18)26-22-9-5-6-10-23(22)29-24(27)17-25/h2-16H,17H2,1H3/b16-11+,26-21?. The minimum Gasteiger partial charge on any atom is -0.497 e. The largest absolute Gasteiger partial charge is 0.497 e. The van der Waals surface area contributed by atoms with E-state index in [0.29, 0.717) is 0 Å². The number of allylic oxidation sites excluding steroid dienone is 1. The van der Waals surface area contributed by atoms with Crippen molar-refractivity contribution in [2.75, 3.05) is 13.0 Å². The number of hydrogen-bond donors (Lipinski definition) is 0. The first-order chi connectivity index (χ1) is 14.2. The van der Waals surface area contributed by atoms with Gasteiger partial charge < -0.3 is 4.74 Å². The summed E-state index contributed by atoms with van der Waals surface area (Å²) in [4.78, 5) is 17.5. The number of hydrogen-bond acceptors (Lipinski definition) is 4. The maximum absolute atomic E-state index is 11.8. The number of rotatable bonds is 7. The van der Waals surface area contributed by atoms with Crippen LogP contribution in [0.1, 0.15) is 11.1 Å². The number of alkyl halides is 1. The molecule has 0 fully saturated rings. The van der Waals surface area contributed by atoms with E-state index < -0.39 is 0 Å². The lowest BCUT2D eigenvalue weighted by Gasteiger charge is -2.08. The Kier molecular flexibility index (Phi) is 7.68. The van der Waals surface area contributed by atoms with Gasteiger partial charge in [0.25, 0.3) is 0 Å². The number of ether oxygens (including phenoxy) is 1. The van der Waals surface area contributed by atoms with Crippen LogP contribution in [-0.4, -0.2) is 23.8 Å². The summed E-state index contributed by atoms with van der Waals surface area (Å²) in [6, 6.07) is 25.3. The minimum atomic E-state index is -0.111. The Morgan fingerprint density at radius 3 is 2.38 bits per heavy atom. The van der Waals surface area contributed by atoms with Crippen LogP contribution >= 0.6 is 23.4 Å². The van der Waals surface area contributed by atoms with Crippen LogP contribution in [0.3, 0.4) is 0 Å². The van der Waals surface area contributed by atoms with Crippen molar-refractivity contribution in [1.82, 2.24) is 0 Å². The Morgan fingerprint density at radius 1 is 1.00 bits per heavy atom. The molecule has 3 aromatic rings. The molecule has 0 N–H and O–H groups in total. The average Bonchev–Trinajstić information content (AvgIpc) is 2.78. The zero-order chi connectivity index (χ0) is 20.5. The number of aliphatic imine (C=N–C) groups is 1. The molecule has 0 aromatic heterocycles. The van der Waals surface area contributed by atoms with Gasteiger partial charge in [-0.3, -0.25) is 4.79 Å². The molecule has 29 heavy (non-hydrogen) atoms. The lowest BCUT2D eigenvalue weighted by Crippen LogP contribution is -1.97. The van der Waals surface area contributed by atoms with Gasteiger partial charge in [-0.15, -0.1) is 11.6 Å². The molecule has 0 aliphatic carbocycles. The molecule has 0 aliphatic heterocycles. The molecule has 3 rings (SSSR count). The first kappa shape index (κ1) is 20.9. The van der Waals surface area contributed by atoms with Crippen LogP contribution in [0.4, 0.5) is 5.69 Å². The van der Waals surface area contributed by atoms with Crippen molar-refractivity contribution in [3.63, 3.8) is 0 Å². The van der Waals surface area contributed by atoms with Gasteiger partial charge in [-0.25, -0.2) is 4.99 Å². The Bertz CT molecular complexity index is 1010. The summed E-state index contributed by atoms with van der Waals surface area (Å²) in [5.74, 6) is 0.742. The zero-order valence-corrected chi connectivity index (χ0v) is 17.5. The van der Waals surface area contributed by atoms with Crippen LogP contribution in [0.2, 0.25) is 0 Å². The highest BCUT2D eigenvalue weighted by Crippen LogP contribution is 2.31. The SMILES string of the molecule is COc1ccc(C(/C=C/c2ccccc2)=Nc2ccccc2SC(=O)CCl)cc1. The highest BCUT2D eigenvalue weighted by Gasteiger charge is 2.09. The van der Waals surface area contributed by atoms with Gasteiger partial charge in [-0.05, 0) is 59.8 Å². The van der Waals surface area contributed by atoms with Gasteiger partial charge in [0.1, 0.15) is 5.75 Å². The molecule has 3 nitrogen and oxygen atoms in total. The molecule has 0 bridgehead atoms. The molecule has 0 saturated heterocycles. The van der Waals surface area contributed by atoms with Crippen molar-refractivity contribution in [2.24, 2.45) is 4.99 Å². The Morgan fingerprint density at radius 2 is 1.69 bits per heavy atom. The second-order valence-corrected chi connectivity index (χ2v) is 7.41. The van der Waals surface area contributed by atoms with E-state index in [0.717, 1.165) is 44.9 Å². The maximum atomic E-state index is 11.8. The fraction of sp³-hybridized carbons (Fsp3) is 0.0833. The Hall–Kier alpha value is -2.82. The van der Waals surface area contributed by atoms with Crippen molar-refractivity contribution >= 4 is 46.0 Å².